The van der Waals surface area contributed by atoms with Crippen molar-refractivity contribution in [2.75, 3.05) is 12.4 Å². The average molecular weight is 263 g/mol. The molecule has 2 heterocycles. The van der Waals surface area contributed by atoms with Gasteiger partial charge in [0.1, 0.15) is 0 Å². The molecule has 0 aliphatic rings. The smallest absolute Gasteiger partial charge is 0.259 e. The number of carbonyl (C=O) groups is 1. The van der Waals surface area contributed by atoms with E-state index in [9.17, 15) is 4.79 Å². The van der Waals surface area contributed by atoms with Crippen LogP contribution in [0.1, 0.15) is 20.9 Å². The number of nitrogens with one attached hydrogen (secondary N) is 1. The zero-order valence-electron chi connectivity index (χ0n) is 10.4. The minimum absolute atomic E-state index is 0.223. The molecule has 0 aliphatic carbocycles. The Hall–Kier alpha value is -1.95. The third-order valence-corrected chi connectivity index (χ3v) is 3.44. The predicted octanol–water partition coefficient (Wildman–Crippen LogP) is 2.42. The predicted molar refractivity (Wildman–Crippen MR) is 70.3 cm³/mol. The second-order valence-corrected chi connectivity index (χ2v) is 4.91. The SMILES string of the molecule is COc1ccc(C(=O)Nc2nc(C)c(C)s2)cn1. The average Bonchev–Trinajstić information content (AvgIpc) is 2.68. The molecule has 1 N–H and O–H groups in total. The summed E-state index contributed by atoms with van der Waals surface area (Å²) in [6, 6.07) is 3.31. The molecule has 18 heavy (non-hydrogen) atoms. The highest BCUT2D eigenvalue weighted by Crippen LogP contribution is 2.21. The zero-order valence-corrected chi connectivity index (χ0v) is 11.2. The summed E-state index contributed by atoms with van der Waals surface area (Å²) >= 11 is 1.46. The van der Waals surface area contributed by atoms with Gasteiger partial charge in [0, 0.05) is 17.1 Å². The third kappa shape index (κ3) is 2.65. The molecule has 0 unspecified atom stereocenters. The van der Waals surface area contributed by atoms with Gasteiger partial charge in [0.25, 0.3) is 5.91 Å². The molecule has 5 nitrogen and oxygen atoms in total. The number of rotatable bonds is 3. The lowest BCUT2D eigenvalue weighted by molar-refractivity contribution is 0.102. The van der Waals surface area contributed by atoms with Crippen molar-refractivity contribution in [3.05, 3.63) is 34.5 Å². The molecular formula is C12H13N3O2S. The van der Waals surface area contributed by atoms with Crippen LogP contribution in [-0.4, -0.2) is 23.0 Å². The number of pyridine rings is 1. The van der Waals surface area contributed by atoms with E-state index in [0.29, 0.717) is 16.6 Å². The number of ether oxygens (including phenoxy) is 1. The van der Waals surface area contributed by atoms with Gasteiger partial charge in [-0.2, -0.15) is 0 Å². The van der Waals surface area contributed by atoms with E-state index < -0.39 is 0 Å². The van der Waals surface area contributed by atoms with E-state index in [4.69, 9.17) is 4.74 Å². The first-order valence-electron chi connectivity index (χ1n) is 5.35. The molecule has 94 valence electrons. The Kier molecular flexibility index (Phi) is 3.57. The molecule has 0 saturated heterocycles. The van der Waals surface area contributed by atoms with Crippen molar-refractivity contribution in [2.45, 2.75) is 13.8 Å². The number of anilines is 1. The van der Waals surface area contributed by atoms with Gasteiger partial charge in [0.05, 0.1) is 18.4 Å². The lowest BCUT2D eigenvalue weighted by Crippen LogP contribution is -2.12. The maximum atomic E-state index is 11.9. The van der Waals surface area contributed by atoms with Crippen LogP contribution in [0.4, 0.5) is 5.13 Å². The molecule has 6 heteroatoms. The monoisotopic (exact) mass is 263 g/mol. The quantitative estimate of drug-likeness (QED) is 0.923. The standard InChI is InChI=1S/C12H13N3O2S/c1-7-8(2)18-12(14-7)15-11(16)9-4-5-10(17-3)13-6-9/h4-6H,1-3H3,(H,14,15,16). The molecule has 0 aromatic carbocycles. The van der Waals surface area contributed by atoms with Gasteiger partial charge in [-0.15, -0.1) is 11.3 Å². The number of aromatic nitrogens is 2. The van der Waals surface area contributed by atoms with Gasteiger partial charge >= 0.3 is 0 Å². The molecule has 2 aromatic heterocycles. The fraction of sp³-hybridized carbons (Fsp3) is 0.250. The number of thiazole rings is 1. The Balaban J connectivity index is 2.11. The van der Waals surface area contributed by atoms with Gasteiger partial charge in [-0.3, -0.25) is 10.1 Å². The topological polar surface area (TPSA) is 64.1 Å². The first-order valence-corrected chi connectivity index (χ1v) is 6.17. The summed E-state index contributed by atoms with van der Waals surface area (Å²) in [7, 11) is 1.53. The van der Waals surface area contributed by atoms with Crippen LogP contribution in [0, 0.1) is 13.8 Å². The maximum absolute atomic E-state index is 11.9. The van der Waals surface area contributed by atoms with Crippen LogP contribution in [0.25, 0.3) is 0 Å². The van der Waals surface area contributed by atoms with Crippen LogP contribution < -0.4 is 10.1 Å². The maximum Gasteiger partial charge on any atom is 0.259 e. The Morgan fingerprint density at radius 2 is 2.17 bits per heavy atom. The van der Waals surface area contributed by atoms with Crippen LogP contribution in [-0.2, 0) is 0 Å². The Morgan fingerprint density at radius 1 is 1.39 bits per heavy atom. The molecule has 0 fully saturated rings. The van der Waals surface area contributed by atoms with Gasteiger partial charge in [0.2, 0.25) is 5.88 Å². The second-order valence-electron chi connectivity index (χ2n) is 3.70. The van der Waals surface area contributed by atoms with Crippen molar-refractivity contribution >= 4 is 22.4 Å². The van der Waals surface area contributed by atoms with E-state index >= 15 is 0 Å². The number of carbonyl (C=O) groups excluding carboxylic acids is 1. The normalized spacial score (nSPS) is 10.2. The van der Waals surface area contributed by atoms with Crippen LogP contribution in [0.2, 0.25) is 0 Å². The van der Waals surface area contributed by atoms with E-state index in [1.54, 1.807) is 12.1 Å². The molecule has 0 atom stereocenters. The van der Waals surface area contributed by atoms with Crippen LogP contribution >= 0.6 is 11.3 Å². The number of nitrogens with zero attached hydrogens (tertiary/aromatic N) is 2. The zero-order chi connectivity index (χ0) is 13.1. The fourth-order valence-electron chi connectivity index (χ4n) is 1.33. The van der Waals surface area contributed by atoms with E-state index in [2.05, 4.69) is 15.3 Å². The lowest BCUT2D eigenvalue weighted by atomic mass is 10.3. The summed E-state index contributed by atoms with van der Waals surface area (Å²) < 4.78 is 4.93. The third-order valence-electron chi connectivity index (χ3n) is 2.46. The molecule has 0 aliphatic heterocycles. The molecule has 2 rings (SSSR count). The highest BCUT2D eigenvalue weighted by atomic mass is 32.1. The first-order chi connectivity index (χ1) is 8.60. The molecular weight excluding hydrogens is 250 g/mol. The Labute approximate surface area is 109 Å². The van der Waals surface area contributed by atoms with E-state index in [0.717, 1.165) is 10.6 Å². The number of amides is 1. The van der Waals surface area contributed by atoms with Crippen molar-refractivity contribution < 1.29 is 9.53 Å². The van der Waals surface area contributed by atoms with E-state index in [1.165, 1.54) is 24.6 Å². The number of hydrogen-bond acceptors (Lipinski definition) is 5. The number of aryl methyl sites for hydroxylation is 2. The molecule has 0 radical (unpaired) electrons. The number of hydrogen-bond donors (Lipinski definition) is 1. The van der Waals surface area contributed by atoms with Crippen molar-refractivity contribution in [3.63, 3.8) is 0 Å². The van der Waals surface area contributed by atoms with Gasteiger partial charge in [0.15, 0.2) is 5.13 Å². The van der Waals surface area contributed by atoms with Gasteiger partial charge in [-0.25, -0.2) is 9.97 Å². The van der Waals surface area contributed by atoms with Crippen molar-refractivity contribution in [3.8, 4) is 5.88 Å². The molecule has 0 saturated carbocycles. The van der Waals surface area contributed by atoms with Gasteiger partial charge < -0.3 is 4.74 Å². The Bertz CT molecular complexity index is 544. The van der Waals surface area contributed by atoms with Crippen LogP contribution in [0.3, 0.4) is 0 Å². The van der Waals surface area contributed by atoms with Crippen molar-refractivity contribution in [1.82, 2.24) is 9.97 Å². The van der Waals surface area contributed by atoms with Crippen LogP contribution in [0.5, 0.6) is 5.88 Å². The van der Waals surface area contributed by atoms with Crippen molar-refractivity contribution in [2.24, 2.45) is 0 Å². The van der Waals surface area contributed by atoms with Crippen LogP contribution in [0.15, 0.2) is 18.3 Å². The summed E-state index contributed by atoms with van der Waals surface area (Å²) in [6.07, 6.45) is 1.47. The minimum atomic E-state index is -0.223. The fourth-order valence-corrected chi connectivity index (χ4v) is 2.14. The summed E-state index contributed by atoms with van der Waals surface area (Å²) in [5.41, 5.74) is 1.41. The highest BCUT2D eigenvalue weighted by molar-refractivity contribution is 7.15. The molecule has 0 bridgehead atoms. The first kappa shape index (κ1) is 12.5. The highest BCUT2D eigenvalue weighted by Gasteiger charge is 2.10. The number of methoxy groups -OCH3 is 1. The summed E-state index contributed by atoms with van der Waals surface area (Å²) in [6.45, 7) is 3.88. The lowest BCUT2D eigenvalue weighted by Gasteiger charge is -2.02. The van der Waals surface area contributed by atoms with Gasteiger partial charge in [-0.1, -0.05) is 0 Å². The minimum Gasteiger partial charge on any atom is -0.481 e. The summed E-state index contributed by atoms with van der Waals surface area (Å²) in [4.78, 5) is 21.2. The largest absolute Gasteiger partial charge is 0.481 e. The second kappa shape index (κ2) is 5.14. The molecule has 0 spiro atoms. The van der Waals surface area contributed by atoms with Gasteiger partial charge in [-0.05, 0) is 19.9 Å². The Morgan fingerprint density at radius 3 is 2.67 bits per heavy atom. The summed E-state index contributed by atoms with van der Waals surface area (Å²) in [5, 5.41) is 3.35. The van der Waals surface area contributed by atoms with E-state index in [1.807, 2.05) is 13.8 Å². The molecule has 2 aromatic rings. The molecule has 1 amide bonds. The van der Waals surface area contributed by atoms with E-state index in [-0.39, 0.29) is 5.91 Å². The summed E-state index contributed by atoms with van der Waals surface area (Å²) in [5.74, 6) is 0.256. The van der Waals surface area contributed by atoms with Crippen molar-refractivity contribution in [1.29, 1.82) is 0 Å².